The minimum Gasteiger partial charge on any atom is -0.468 e. The molecule has 3 heterocycles. The second-order valence-electron chi connectivity index (χ2n) is 5.97. The molecule has 0 fully saturated rings. The molecule has 1 aliphatic rings. The molecule has 0 radical (unpaired) electrons. The monoisotopic (exact) mass is 310 g/mol. The van der Waals surface area contributed by atoms with Gasteiger partial charge in [0.05, 0.1) is 11.0 Å². The summed E-state index contributed by atoms with van der Waals surface area (Å²) in [5.41, 5.74) is 3.47. The van der Waals surface area contributed by atoms with Crippen LogP contribution < -0.4 is 15.9 Å². The van der Waals surface area contributed by atoms with Crippen molar-refractivity contribution in [2.45, 2.75) is 40.5 Å². The van der Waals surface area contributed by atoms with Gasteiger partial charge in [0, 0.05) is 29.4 Å². The molecule has 0 unspecified atom stereocenters. The number of ether oxygens (including phenoxy) is 1. The van der Waals surface area contributed by atoms with Crippen molar-refractivity contribution in [2.75, 3.05) is 0 Å². The zero-order valence-corrected chi connectivity index (χ0v) is 13.5. The minimum atomic E-state index is -0.0505. The molecule has 0 atom stereocenters. The summed E-state index contributed by atoms with van der Waals surface area (Å²) in [7, 11) is 0. The van der Waals surface area contributed by atoms with Crippen molar-refractivity contribution < 1.29 is 4.74 Å². The van der Waals surface area contributed by atoms with E-state index >= 15 is 0 Å². The molecule has 0 saturated carbocycles. The van der Waals surface area contributed by atoms with Gasteiger partial charge >= 0.3 is 0 Å². The SMILES string of the molecule is CCc1cc(=O)n2c3c(c4c(cc13)c(C)cc(=O)n4CC)OC2. The van der Waals surface area contributed by atoms with E-state index in [4.69, 9.17) is 4.74 Å². The van der Waals surface area contributed by atoms with Crippen molar-refractivity contribution in [2.24, 2.45) is 0 Å². The molecule has 0 aliphatic carbocycles. The summed E-state index contributed by atoms with van der Waals surface area (Å²) < 4.78 is 9.23. The Balaban J connectivity index is 2.36. The molecular weight excluding hydrogens is 292 g/mol. The van der Waals surface area contributed by atoms with E-state index in [2.05, 4.69) is 6.07 Å². The Morgan fingerprint density at radius 2 is 1.83 bits per heavy atom. The number of nitrogens with zero attached hydrogens (tertiary/aromatic N) is 2. The third kappa shape index (κ3) is 1.73. The van der Waals surface area contributed by atoms with E-state index in [1.165, 1.54) is 0 Å². The van der Waals surface area contributed by atoms with Gasteiger partial charge in [-0.25, -0.2) is 0 Å². The molecule has 4 rings (SSSR count). The molecule has 0 N–H and O–H groups in total. The second-order valence-corrected chi connectivity index (χ2v) is 5.97. The summed E-state index contributed by atoms with van der Waals surface area (Å²) in [6, 6.07) is 5.46. The fraction of sp³-hybridized carbons (Fsp3) is 0.333. The maximum Gasteiger partial charge on any atom is 0.254 e. The van der Waals surface area contributed by atoms with E-state index in [0.29, 0.717) is 12.3 Å². The maximum absolute atomic E-state index is 12.3. The lowest BCUT2D eigenvalue weighted by molar-refractivity contribution is 0.268. The third-order valence-electron chi connectivity index (χ3n) is 4.74. The molecule has 0 amide bonds. The largest absolute Gasteiger partial charge is 0.468 e. The molecule has 3 aromatic rings. The van der Waals surface area contributed by atoms with Gasteiger partial charge in [-0.3, -0.25) is 14.2 Å². The van der Waals surface area contributed by atoms with Gasteiger partial charge in [-0.15, -0.1) is 0 Å². The van der Waals surface area contributed by atoms with Crippen LogP contribution in [0.15, 0.2) is 27.8 Å². The number of rotatable bonds is 2. The van der Waals surface area contributed by atoms with Crippen molar-refractivity contribution in [3.63, 3.8) is 0 Å². The first-order chi connectivity index (χ1) is 11.1. The molecule has 0 spiro atoms. The zero-order valence-electron chi connectivity index (χ0n) is 13.5. The topological polar surface area (TPSA) is 53.2 Å². The Labute approximate surface area is 132 Å². The van der Waals surface area contributed by atoms with Crippen LogP contribution in [0.4, 0.5) is 0 Å². The highest BCUT2D eigenvalue weighted by atomic mass is 16.5. The van der Waals surface area contributed by atoms with Crippen LogP contribution in [0.25, 0.3) is 21.8 Å². The molecular formula is C18H18N2O3. The Kier molecular flexibility index (Phi) is 2.88. The van der Waals surface area contributed by atoms with Crippen LogP contribution in [0.1, 0.15) is 25.0 Å². The highest BCUT2D eigenvalue weighted by molar-refractivity contribution is 6.05. The van der Waals surface area contributed by atoms with Crippen molar-refractivity contribution in [3.05, 3.63) is 50.0 Å². The smallest absolute Gasteiger partial charge is 0.254 e. The van der Waals surface area contributed by atoms with Gasteiger partial charge in [0.1, 0.15) is 0 Å². The number of pyridine rings is 2. The van der Waals surface area contributed by atoms with Crippen molar-refractivity contribution in [3.8, 4) is 5.75 Å². The molecule has 1 aromatic carbocycles. The molecule has 1 aliphatic heterocycles. The van der Waals surface area contributed by atoms with Crippen LogP contribution in [0.2, 0.25) is 0 Å². The number of hydrogen-bond donors (Lipinski definition) is 0. The van der Waals surface area contributed by atoms with Crippen LogP contribution in [0.3, 0.4) is 0 Å². The highest BCUT2D eigenvalue weighted by Gasteiger charge is 2.24. The second kappa shape index (κ2) is 4.72. The maximum atomic E-state index is 12.3. The van der Waals surface area contributed by atoms with E-state index in [0.717, 1.165) is 39.4 Å². The van der Waals surface area contributed by atoms with Crippen molar-refractivity contribution >= 4 is 21.8 Å². The van der Waals surface area contributed by atoms with Gasteiger partial charge in [0.2, 0.25) is 0 Å². The normalized spacial score (nSPS) is 13.0. The lowest BCUT2D eigenvalue weighted by Crippen LogP contribution is -2.20. The summed E-state index contributed by atoms with van der Waals surface area (Å²) in [6.07, 6.45) is 0.782. The first-order valence-electron chi connectivity index (χ1n) is 7.93. The van der Waals surface area contributed by atoms with Gasteiger partial charge < -0.3 is 9.30 Å². The van der Waals surface area contributed by atoms with Gasteiger partial charge in [-0.05, 0) is 37.5 Å². The van der Waals surface area contributed by atoms with Crippen LogP contribution in [-0.2, 0) is 19.7 Å². The van der Waals surface area contributed by atoms with Crippen LogP contribution >= 0.6 is 0 Å². The standard InChI is InChI=1S/C18H18N2O3/c1-4-11-7-15(22)20-9-23-18-16-12(8-13(11)17(18)20)10(3)6-14(21)19(16)5-2/h6-8H,4-5,9H2,1-3H3. The predicted octanol–water partition coefficient (Wildman–Crippen LogP) is 2.56. The summed E-state index contributed by atoms with van der Waals surface area (Å²) >= 11 is 0. The number of fused-ring (bicyclic) bond motifs is 2. The molecule has 5 nitrogen and oxygen atoms in total. The lowest BCUT2D eigenvalue weighted by atomic mass is 10.0. The molecule has 2 aromatic heterocycles. The lowest BCUT2D eigenvalue weighted by Gasteiger charge is -2.14. The quantitative estimate of drug-likeness (QED) is 0.684. The summed E-state index contributed by atoms with van der Waals surface area (Å²) in [6.45, 7) is 6.70. The van der Waals surface area contributed by atoms with Crippen molar-refractivity contribution in [1.82, 2.24) is 9.13 Å². The highest BCUT2D eigenvalue weighted by Crippen LogP contribution is 2.39. The van der Waals surface area contributed by atoms with Crippen LogP contribution in [0, 0.1) is 6.92 Å². The van der Waals surface area contributed by atoms with E-state index in [1.807, 2.05) is 20.8 Å². The Bertz CT molecular complexity index is 1090. The summed E-state index contributed by atoms with van der Waals surface area (Å²) in [5.74, 6) is 0.660. The fourth-order valence-corrected chi connectivity index (χ4v) is 3.59. The van der Waals surface area contributed by atoms with E-state index in [-0.39, 0.29) is 17.8 Å². The number of benzene rings is 1. The molecule has 5 heteroatoms. The van der Waals surface area contributed by atoms with E-state index in [9.17, 15) is 9.59 Å². The number of aryl methyl sites for hydroxylation is 3. The molecule has 23 heavy (non-hydrogen) atoms. The van der Waals surface area contributed by atoms with E-state index < -0.39 is 0 Å². The van der Waals surface area contributed by atoms with Gasteiger partial charge in [-0.1, -0.05) is 6.92 Å². The van der Waals surface area contributed by atoms with Gasteiger partial charge in [0.25, 0.3) is 11.1 Å². The van der Waals surface area contributed by atoms with Crippen LogP contribution in [-0.4, -0.2) is 9.13 Å². The van der Waals surface area contributed by atoms with Gasteiger partial charge in [-0.2, -0.15) is 0 Å². The average molecular weight is 310 g/mol. The summed E-state index contributed by atoms with van der Waals surface area (Å²) in [4.78, 5) is 24.7. The van der Waals surface area contributed by atoms with E-state index in [1.54, 1.807) is 21.3 Å². The Morgan fingerprint density at radius 1 is 1.04 bits per heavy atom. The molecule has 118 valence electrons. The third-order valence-corrected chi connectivity index (χ3v) is 4.74. The Hall–Kier alpha value is -2.56. The predicted molar refractivity (Wildman–Crippen MR) is 90.4 cm³/mol. The van der Waals surface area contributed by atoms with Crippen LogP contribution in [0.5, 0.6) is 5.75 Å². The molecule has 0 saturated heterocycles. The van der Waals surface area contributed by atoms with Gasteiger partial charge in [0.15, 0.2) is 12.5 Å². The first-order valence-corrected chi connectivity index (χ1v) is 7.93. The van der Waals surface area contributed by atoms with Crippen molar-refractivity contribution in [1.29, 1.82) is 0 Å². The number of aromatic nitrogens is 2. The molecule has 0 bridgehead atoms. The zero-order chi connectivity index (χ0) is 16.3. The first kappa shape index (κ1) is 14.1. The fourth-order valence-electron chi connectivity index (χ4n) is 3.59. The average Bonchev–Trinajstić information content (AvgIpc) is 2.97. The summed E-state index contributed by atoms with van der Waals surface area (Å²) in [5, 5.41) is 2.05. The Morgan fingerprint density at radius 3 is 2.52 bits per heavy atom. The minimum absolute atomic E-state index is 0.0378. The number of hydrogen-bond acceptors (Lipinski definition) is 3.